The van der Waals surface area contributed by atoms with Gasteiger partial charge >= 0.3 is 0 Å². The van der Waals surface area contributed by atoms with Crippen LogP contribution in [0.1, 0.15) is 40.7 Å². The highest BCUT2D eigenvalue weighted by molar-refractivity contribution is 5.47. The second-order valence-electron chi connectivity index (χ2n) is 4.02. The van der Waals surface area contributed by atoms with E-state index in [0.717, 1.165) is 0 Å². The highest BCUT2D eigenvalue weighted by Crippen LogP contribution is 2.27. The third-order valence-corrected chi connectivity index (χ3v) is 3.05. The van der Waals surface area contributed by atoms with Crippen LogP contribution in [0, 0.1) is 39.0 Å². The van der Waals surface area contributed by atoms with Gasteiger partial charge in [0.05, 0.1) is 12.0 Å². The van der Waals surface area contributed by atoms with Crippen molar-refractivity contribution in [3.63, 3.8) is 0 Å². The molecule has 0 heterocycles. The molecule has 0 amide bonds. The average molecular weight is 187 g/mol. The monoisotopic (exact) mass is 187 g/mol. The Morgan fingerprint density at radius 1 is 1.07 bits per heavy atom. The lowest BCUT2D eigenvalue weighted by atomic mass is 9.88. The molecule has 1 nitrogen and oxygen atoms in total. The van der Waals surface area contributed by atoms with Crippen LogP contribution < -0.4 is 0 Å². The molecule has 74 valence electrons. The minimum Gasteiger partial charge on any atom is -0.198 e. The van der Waals surface area contributed by atoms with Gasteiger partial charge in [-0.25, -0.2) is 0 Å². The van der Waals surface area contributed by atoms with E-state index in [1.54, 1.807) is 0 Å². The van der Waals surface area contributed by atoms with Crippen molar-refractivity contribution in [1.82, 2.24) is 0 Å². The highest BCUT2D eigenvalue weighted by Gasteiger charge is 2.13. The third-order valence-electron chi connectivity index (χ3n) is 3.05. The van der Waals surface area contributed by atoms with Crippen LogP contribution in [0.4, 0.5) is 0 Å². The Hall–Kier alpha value is -1.29. The maximum atomic E-state index is 8.97. The molecule has 0 saturated carbocycles. The fraction of sp³-hybridized carbons (Fsp3) is 0.462. The molecule has 1 aromatic carbocycles. The van der Waals surface area contributed by atoms with Crippen LogP contribution in [0.5, 0.6) is 0 Å². The number of nitrogens with zero attached hydrogens (tertiary/aromatic N) is 1. The maximum Gasteiger partial charge on any atom is 0.0701 e. The molecule has 1 atom stereocenters. The second-order valence-corrected chi connectivity index (χ2v) is 4.02. The van der Waals surface area contributed by atoms with Crippen LogP contribution in [-0.4, -0.2) is 0 Å². The molecule has 0 aliphatic rings. The zero-order chi connectivity index (χ0) is 10.9. The zero-order valence-corrected chi connectivity index (χ0v) is 9.60. The Bertz CT molecular complexity index is 370. The van der Waals surface area contributed by atoms with E-state index < -0.39 is 0 Å². The van der Waals surface area contributed by atoms with Crippen molar-refractivity contribution < 1.29 is 0 Å². The summed E-state index contributed by atoms with van der Waals surface area (Å²) < 4.78 is 0. The van der Waals surface area contributed by atoms with Gasteiger partial charge in [-0.15, -0.1) is 0 Å². The van der Waals surface area contributed by atoms with Crippen molar-refractivity contribution in [2.45, 2.75) is 40.5 Å². The Kier molecular flexibility index (Phi) is 2.96. The first-order chi connectivity index (χ1) is 6.49. The lowest BCUT2D eigenvalue weighted by molar-refractivity contribution is 0.938. The van der Waals surface area contributed by atoms with Gasteiger partial charge in [0.1, 0.15) is 0 Å². The van der Waals surface area contributed by atoms with Crippen molar-refractivity contribution >= 4 is 0 Å². The van der Waals surface area contributed by atoms with E-state index in [1.807, 2.05) is 6.92 Å². The number of hydrogen-bond donors (Lipinski definition) is 0. The van der Waals surface area contributed by atoms with Crippen LogP contribution in [-0.2, 0) is 0 Å². The standard InChI is InChI=1S/C13H17N/c1-8-6-9(2)12(5)13(11(8)4)10(3)7-14/h6,10H,1-5H3. The van der Waals surface area contributed by atoms with Crippen LogP contribution in [0.3, 0.4) is 0 Å². The quantitative estimate of drug-likeness (QED) is 0.659. The Balaban J connectivity index is 3.49. The summed E-state index contributed by atoms with van der Waals surface area (Å²) in [5, 5.41) is 8.97. The molecule has 0 radical (unpaired) electrons. The first-order valence-electron chi connectivity index (χ1n) is 4.96. The van der Waals surface area contributed by atoms with E-state index >= 15 is 0 Å². The van der Waals surface area contributed by atoms with Gasteiger partial charge in [0.15, 0.2) is 0 Å². The molecule has 0 aliphatic heterocycles. The van der Waals surface area contributed by atoms with Gasteiger partial charge in [0, 0.05) is 0 Å². The predicted octanol–water partition coefficient (Wildman–Crippen LogP) is 3.55. The molecule has 0 N–H and O–H groups in total. The molecule has 0 bridgehead atoms. The van der Waals surface area contributed by atoms with E-state index in [0.29, 0.717) is 0 Å². The fourth-order valence-corrected chi connectivity index (χ4v) is 1.96. The molecule has 0 saturated heterocycles. The molecule has 1 rings (SSSR count). The molecule has 1 heteroatoms. The van der Waals surface area contributed by atoms with Gasteiger partial charge in [0.2, 0.25) is 0 Å². The molecule has 0 spiro atoms. The highest BCUT2D eigenvalue weighted by atomic mass is 14.3. The predicted molar refractivity (Wildman–Crippen MR) is 59.4 cm³/mol. The van der Waals surface area contributed by atoms with Crippen molar-refractivity contribution in [3.8, 4) is 6.07 Å². The first kappa shape index (κ1) is 10.8. The van der Waals surface area contributed by atoms with Crippen molar-refractivity contribution in [2.24, 2.45) is 0 Å². The third kappa shape index (κ3) is 1.65. The van der Waals surface area contributed by atoms with Gasteiger partial charge in [-0.05, 0) is 62.4 Å². The Labute approximate surface area is 86.4 Å². The lowest BCUT2D eigenvalue weighted by Crippen LogP contribution is -2.02. The maximum absolute atomic E-state index is 8.97. The number of nitriles is 1. The van der Waals surface area contributed by atoms with Crippen molar-refractivity contribution in [1.29, 1.82) is 5.26 Å². The first-order valence-corrected chi connectivity index (χ1v) is 4.96. The topological polar surface area (TPSA) is 23.8 Å². The van der Waals surface area contributed by atoms with Crippen LogP contribution >= 0.6 is 0 Å². The number of rotatable bonds is 1. The molecule has 0 aromatic heterocycles. The summed E-state index contributed by atoms with van der Waals surface area (Å²) in [6, 6.07) is 4.51. The smallest absolute Gasteiger partial charge is 0.0701 e. The van der Waals surface area contributed by atoms with Crippen molar-refractivity contribution in [3.05, 3.63) is 33.9 Å². The zero-order valence-electron chi connectivity index (χ0n) is 9.60. The van der Waals surface area contributed by atoms with Crippen molar-refractivity contribution in [2.75, 3.05) is 0 Å². The fourth-order valence-electron chi connectivity index (χ4n) is 1.96. The molecule has 14 heavy (non-hydrogen) atoms. The molecule has 0 fully saturated rings. The van der Waals surface area contributed by atoms with Crippen LogP contribution in [0.25, 0.3) is 0 Å². The van der Waals surface area contributed by atoms with Gasteiger partial charge in [0.25, 0.3) is 0 Å². The number of benzene rings is 1. The largest absolute Gasteiger partial charge is 0.198 e. The summed E-state index contributed by atoms with van der Waals surface area (Å²) >= 11 is 0. The number of aryl methyl sites for hydroxylation is 2. The average Bonchev–Trinajstić information content (AvgIpc) is 2.15. The van der Waals surface area contributed by atoms with Crippen LogP contribution in [0.2, 0.25) is 0 Å². The summed E-state index contributed by atoms with van der Waals surface area (Å²) in [5.74, 6) is -0.00593. The molecular formula is C13H17N. The van der Waals surface area contributed by atoms with E-state index in [9.17, 15) is 0 Å². The van der Waals surface area contributed by atoms with Gasteiger partial charge < -0.3 is 0 Å². The van der Waals surface area contributed by atoms with Gasteiger partial charge in [-0.3, -0.25) is 0 Å². The summed E-state index contributed by atoms with van der Waals surface area (Å²) in [5.41, 5.74) is 6.31. The van der Waals surface area contributed by atoms with E-state index in [4.69, 9.17) is 5.26 Å². The molecular weight excluding hydrogens is 170 g/mol. The summed E-state index contributed by atoms with van der Waals surface area (Å²) in [6.45, 7) is 10.4. The summed E-state index contributed by atoms with van der Waals surface area (Å²) in [6.07, 6.45) is 0. The number of hydrogen-bond acceptors (Lipinski definition) is 1. The minimum absolute atomic E-state index is 0.00593. The lowest BCUT2D eigenvalue weighted by Gasteiger charge is -2.16. The SMILES string of the molecule is Cc1cc(C)c(C)c(C(C)C#N)c1C. The summed E-state index contributed by atoms with van der Waals surface area (Å²) in [4.78, 5) is 0. The molecule has 1 unspecified atom stereocenters. The normalized spacial score (nSPS) is 12.3. The Morgan fingerprint density at radius 3 is 1.86 bits per heavy atom. The van der Waals surface area contributed by atoms with E-state index in [2.05, 4.69) is 39.8 Å². The molecule has 1 aromatic rings. The summed E-state index contributed by atoms with van der Waals surface area (Å²) in [7, 11) is 0. The second kappa shape index (κ2) is 3.84. The van der Waals surface area contributed by atoms with Gasteiger partial charge in [-0.1, -0.05) is 6.07 Å². The minimum atomic E-state index is -0.00593. The Morgan fingerprint density at radius 2 is 1.50 bits per heavy atom. The van der Waals surface area contributed by atoms with Gasteiger partial charge in [-0.2, -0.15) is 5.26 Å². The van der Waals surface area contributed by atoms with Crippen LogP contribution in [0.15, 0.2) is 6.07 Å². The van der Waals surface area contributed by atoms with E-state index in [1.165, 1.54) is 27.8 Å². The van der Waals surface area contributed by atoms with E-state index in [-0.39, 0.29) is 5.92 Å². The molecule has 0 aliphatic carbocycles.